The molecule has 0 saturated carbocycles. The molecule has 2 aromatic carbocycles. The maximum Gasteiger partial charge on any atom is 0.284 e. The predicted molar refractivity (Wildman–Crippen MR) is 93.8 cm³/mol. The van der Waals surface area contributed by atoms with Crippen molar-refractivity contribution in [3.05, 3.63) is 66.5 Å². The molecule has 0 aliphatic carbocycles. The Morgan fingerprint density at radius 3 is 2.60 bits per heavy atom. The SMILES string of the molecule is O=C(N/N=C/c1ccncc1)[C@H]1COc2cc3ccccc3cc2O1. The van der Waals surface area contributed by atoms with Gasteiger partial charge in [-0.2, -0.15) is 5.10 Å². The summed E-state index contributed by atoms with van der Waals surface area (Å²) in [7, 11) is 0. The van der Waals surface area contributed by atoms with E-state index in [1.165, 1.54) is 0 Å². The number of carbonyl (C=O) groups excluding carboxylic acids is 1. The number of fused-ring (bicyclic) bond motifs is 2. The monoisotopic (exact) mass is 333 g/mol. The Bertz CT molecular complexity index is 941. The van der Waals surface area contributed by atoms with E-state index in [1.807, 2.05) is 36.4 Å². The van der Waals surface area contributed by atoms with E-state index in [4.69, 9.17) is 9.47 Å². The van der Waals surface area contributed by atoms with E-state index in [0.717, 1.165) is 16.3 Å². The van der Waals surface area contributed by atoms with Crippen molar-refractivity contribution < 1.29 is 14.3 Å². The highest BCUT2D eigenvalue weighted by molar-refractivity contribution is 5.87. The number of pyridine rings is 1. The number of carbonyl (C=O) groups is 1. The van der Waals surface area contributed by atoms with Crippen molar-refractivity contribution in [2.75, 3.05) is 6.61 Å². The Kier molecular flexibility index (Phi) is 4.00. The second-order valence-electron chi connectivity index (χ2n) is 5.58. The summed E-state index contributed by atoms with van der Waals surface area (Å²) in [5, 5.41) is 6.03. The van der Waals surface area contributed by atoms with Gasteiger partial charge in [-0.15, -0.1) is 0 Å². The fourth-order valence-corrected chi connectivity index (χ4v) is 2.58. The molecule has 0 radical (unpaired) electrons. The zero-order valence-electron chi connectivity index (χ0n) is 13.3. The number of nitrogens with one attached hydrogen (secondary N) is 1. The van der Waals surface area contributed by atoms with Crippen LogP contribution in [-0.4, -0.2) is 29.8 Å². The minimum atomic E-state index is -0.747. The third kappa shape index (κ3) is 3.28. The molecule has 1 aromatic heterocycles. The summed E-state index contributed by atoms with van der Waals surface area (Å²) in [6, 6.07) is 15.3. The Hall–Kier alpha value is -3.41. The highest BCUT2D eigenvalue weighted by atomic mass is 16.6. The van der Waals surface area contributed by atoms with Crippen LogP contribution in [0.15, 0.2) is 66.0 Å². The first-order chi connectivity index (χ1) is 12.3. The van der Waals surface area contributed by atoms with Gasteiger partial charge in [0.15, 0.2) is 11.5 Å². The first-order valence-corrected chi connectivity index (χ1v) is 7.85. The van der Waals surface area contributed by atoms with Crippen LogP contribution in [0.5, 0.6) is 11.5 Å². The Labute approximate surface area is 144 Å². The van der Waals surface area contributed by atoms with Gasteiger partial charge in [0.05, 0.1) is 6.21 Å². The zero-order valence-corrected chi connectivity index (χ0v) is 13.3. The van der Waals surface area contributed by atoms with Gasteiger partial charge in [0.1, 0.15) is 6.61 Å². The van der Waals surface area contributed by atoms with Crippen LogP contribution >= 0.6 is 0 Å². The number of hydrogen-bond acceptors (Lipinski definition) is 5. The van der Waals surface area contributed by atoms with Crippen LogP contribution in [0.3, 0.4) is 0 Å². The molecule has 1 aliphatic heterocycles. The van der Waals surface area contributed by atoms with Gasteiger partial charge >= 0.3 is 0 Å². The largest absolute Gasteiger partial charge is 0.485 e. The molecule has 0 unspecified atom stereocenters. The quantitative estimate of drug-likeness (QED) is 0.590. The number of hydrogen-bond donors (Lipinski definition) is 1. The van der Waals surface area contributed by atoms with Crippen LogP contribution < -0.4 is 14.9 Å². The summed E-state index contributed by atoms with van der Waals surface area (Å²) < 4.78 is 11.5. The molecule has 6 nitrogen and oxygen atoms in total. The molecule has 1 aliphatic rings. The number of aromatic nitrogens is 1. The van der Waals surface area contributed by atoms with Crippen LogP contribution in [0.1, 0.15) is 5.56 Å². The van der Waals surface area contributed by atoms with E-state index >= 15 is 0 Å². The average Bonchev–Trinajstić information content (AvgIpc) is 2.66. The number of benzene rings is 2. The summed E-state index contributed by atoms with van der Waals surface area (Å²) in [5.41, 5.74) is 3.31. The van der Waals surface area contributed by atoms with Crippen LogP contribution in [0.2, 0.25) is 0 Å². The lowest BCUT2D eigenvalue weighted by Gasteiger charge is -2.25. The first kappa shape index (κ1) is 15.1. The van der Waals surface area contributed by atoms with Crippen molar-refractivity contribution in [3.8, 4) is 11.5 Å². The van der Waals surface area contributed by atoms with Gasteiger partial charge < -0.3 is 9.47 Å². The van der Waals surface area contributed by atoms with Gasteiger partial charge in [0.25, 0.3) is 5.91 Å². The normalized spacial score (nSPS) is 16.1. The van der Waals surface area contributed by atoms with E-state index in [0.29, 0.717) is 11.5 Å². The summed E-state index contributed by atoms with van der Waals surface area (Å²) in [4.78, 5) is 16.1. The van der Waals surface area contributed by atoms with Gasteiger partial charge in [-0.25, -0.2) is 5.43 Å². The van der Waals surface area contributed by atoms with E-state index in [9.17, 15) is 4.79 Å². The van der Waals surface area contributed by atoms with Crippen LogP contribution in [0, 0.1) is 0 Å². The summed E-state index contributed by atoms with van der Waals surface area (Å²) >= 11 is 0. The van der Waals surface area contributed by atoms with Crippen molar-refractivity contribution in [2.45, 2.75) is 6.10 Å². The summed E-state index contributed by atoms with van der Waals surface area (Å²) in [6.45, 7) is 0.141. The second-order valence-corrected chi connectivity index (χ2v) is 5.58. The fourth-order valence-electron chi connectivity index (χ4n) is 2.58. The van der Waals surface area contributed by atoms with Crippen LogP contribution in [0.4, 0.5) is 0 Å². The fraction of sp³-hybridized carbons (Fsp3) is 0.105. The highest BCUT2D eigenvalue weighted by Crippen LogP contribution is 2.35. The Morgan fingerprint density at radius 1 is 1.12 bits per heavy atom. The predicted octanol–water partition coefficient (Wildman–Crippen LogP) is 2.52. The van der Waals surface area contributed by atoms with Gasteiger partial charge in [-0.05, 0) is 40.6 Å². The molecule has 4 rings (SSSR count). The van der Waals surface area contributed by atoms with Gasteiger partial charge in [-0.1, -0.05) is 24.3 Å². The van der Waals surface area contributed by atoms with Gasteiger partial charge in [-0.3, -0.25) is 9.78 Å². The minimum Gasteiger partial charge on any atom is -0.485 e. The molecule has 6 heteroatoms. The second kappa shape index (κ2) is 6.60. The maximum atomic E-state index is 12.2. The molecule has 0 bridgehead atoms. The number of amides is 1. The smallest absolute Gasteiger partial charge is 0.284 e. The molecule has 0 spiro atoms. The number of nitrogens with zero attached hydrogens (tertiary/aromatic N) is 2. The van der Waals surface area contributed by atoms with Crippen molar-refractivity contribution in [1.82, 2.24) is 10.4 Å². The highest BCUT2D eigenvalue weighted by Gasteiger charge is 2.27. The summed E-state index contributed by atoms with van der Waals surface area (Å²) in [6.07, 6.45) is 4.11. The first-order valence-electron chi connectivity index (χ1n) is 7.85. The van der Waals surface area contributed by atoms with E-state index in [1.54, 1.807) is 30.7 Å². The van der Waals surface area contributed by atoms with E-state index < -0.39 is 6.10 Å². The molecular weight excluding hydrogens is 318 g/mol. The Balaban J connectivity index is 1.45. The molecule has 1 N–H and O–H groups in total. The molecule has 0 saturated heterocycles. The number of rotatable bonds is 3. The molecule has 1 atom stereocenters. The van der Waals surface area contributed by atoms with Gasteiger partial charge in [0.2, 0.25) is 6.10 Å². The number of hydrazone groups is 1. The molecule has 0 fully saturated rings. The Morgan fingerprint density at radius 2 is 1.84 bits per heavy atom. The van der Waals surface area contributed by atoms with Gasteiger partial charge in [0, 0.05) is 12.4 Å². The van der Waals surface area contributed by atoms with E-state index in [2.05, 4.69) is 15.5 Å². The number of ether oxygens (including phenoxy) is 2. The molecule has 124 valence electrons. The average molecular weight is 333 g/mol. The topological polar surface area (TPSA) is 72.8 Å². The lowest BCUT2D eigenvalue weighted by molar-refractivity contribution is -0.130. The van der Waals surface area contributed by atoms with E-state index in [-0.39, 0.29) is 12.5 Å². The lowest BCUT2D eigenvalue weighted by atomic mass is 10.1. The van der Waals surface area contributed by atoms with Crippen molar-refractivity contribution in [1.29, 1.82) is 0 Å². The third-order valence-corrected chi connectivity index (χ3v) is 3.86. The zero-order chi connectivity index (χ0) is 17.1. The molecule has 3 aromatic rings. The minimum absolute atomic E-state index is 0.141. The molecule has 1 amide bonds. The molecule has 25 heavy (non-hydrogen) atoms. The van der Waals surface area contributed by atoms with Crippen LogP contribution in [-0.2, 0) is 4.79 Å². The molecule has 2 heterocycles. The third-order valence-electron chi connectivity index (χ3n) is 3.86. The maximum absolute atomic E-state index is 12.2. The molecular formula is C19H15N3O3. The summed E-state index contributed by atoms with van der Waals surface area (Å²) in [5.74, 6) is 0.843. The van der Waals surface area contributed by atoms with Crippen molar-refractivity contribution in [2.24, 2.45) is 5.10 Å². The van der Waals surface area contributed by atoms with Crippen molar-refractivity contribution >= 4 is 22.9 Å². The lowest BCUT2D eigenvalue weighted by Crippen LogP contribution is -2.42. The van der Waals surface area contributed by atoms with Crippen LogP contribution in [0.25, 0.3) is 10.8 Å². The standard InChI is InChI=1S/C19H15N3O3/c23-19(22-21-11-13-5-7-20-8-6-13)18-12-24-16-9-14-3-1-2-4-15(14)10-17(16)25-18/h1-11,18H,12H2,(H,22,23)/b21-11+/t18-/m1/s1. The van der Waals surface area contributed by atoms with Crippen molar-refractivity contribution in [3.63, 3.8) is 0 Å².